The van der Waals surface area contributed by atoms with E-state index in [1.54, 1.807) is 0 Å². The molecule has 9 aromatic carbocycles. The fourth-order valence-corrected chi connectivity index (χ4v) is 8.87. The lowest BCUT2D eigenvalue weighted by Crippen LogP contribution is -2.12. The van der Waals surface area contributed by atoms with Crippen LogP contribution in [0.5, 0.6) is 0 Å². The third-order valence-corrected chi connectivity index (χ3v) is 11.4. The monoisotopic (exact) mass is 716 g/mol. The Morgan fingerprint density at radius 3 is 1.86 bits per heavy atom. The number of aromatic nitrogens is 1. The molecule has 0 atom stereocenters. The molecule has 4 heteroatoms. The van der Waals surface area contributed by atoms with Crippen molar-refractivity contribution in [3.63, 3.8) is 0 Å². The predicted molar refractivity (Wildman–Crippen MR) is 233 cm³/mol. The number of furan rings is 2. The fourth-order valence-electron chi connectivity index (χ4n) is 8.87. The summed E-state index contributed by atoms with van der Waals surface area (Å²) in [7, 11) is 0. The molecule has 0 spiro atoms. The Kier molecular flexibility index (Phi) is 6.60. The summed E-state index contributed by atoms with van der Waals surface area (Å²) in [4.78, 5) is 2.36. The van der Waals surface area contributed by atoms with E-state index in [9.17, 15) is 0 Å². The minimum atomic E-state index is 0.842. The summed E-state index contributed by atoms with van der Waals surface area (Å²) in [6.07, 6.45) is 0. The largest absolute Gasteiger partial charge is 0.455 e. The van der Waals surface area contributed by atoms with Gasteiger partial charge in [-0.15, -0.1) is 0 Å². The zero-order chi connectivity index (χ0) is 36.7. The standard InChI is InChI=1S/C52H32N2O2/c1-2-17-38-33(13-1)27-29-43-44-31-34(28-30-50(44)55-51(38)43)37-16-3-7-22-45(37)54(48-25-12-21-42-41-20-6-10-26-49(41)56-52(42)48)36-15-11-14-35(32-36)53-46-23-8-4-18-39(46)40-19-5-9-24-47(40)53/h1-32H. The van der Waals surface area contributed by atoms with Crippen LogP contribution in [0, 0.1) is 0 Å². The Bertz CT molecular complexity index is 3460. The van der Waals surface area contributed by atoms with E-state index in [1.807, 2.05) is 12.1 Å². The van der Waals surface area contributed by atoms with Crippen molar-refractivity contribution in [3.05, 3.63) is 194 Å². The molecular formula is C52H32N2O2. The molecule has 3 heterocycles. The van der Waals surface area contributed by atoms with E-state index in [0.29, 0.717) is 0 Å². The molecule has 4 nitrogen and oxygen atoms in total. The van der Waals surface area contributed by atoms with Crippen molar-refractivity contribution in [2.45, 2.75) is 0 Å². The fraction of sp³-hybridized carbons (Fsp3) is 0. The number of hydrogen-bond acceptors (Lipinski definition) is 3. The summed E-state index contributed by atoms with van der Waals surface area (Å²) in [5, 5.41) is 9.15. The van der Waals surface area contributed by atoms with Crippen molar-refractivity contribution in [2.24, 2.45) is 0 Å². The summed E-state index contributed by atoms with van der Waals surface area (Å²) < 4.78 is 15.7. The third-order valence-electron chi connectivity index (χ3n) is 11.4. The van der Waals surface area contributed by atoms with Crippen LogP contribution in [0.3, 0.4) is 0 Å². The number of anilines is 3. The topological polar surface area (TPSA) is 34.5 Å². The van der Waals surface area contributed by atoms with Gasteiger partial charge in [0.15, 0.2) is 5.58 Å². The zero-order valence-corrected chi connectivity index (χ0v) is 30.2. The first-order chi connectivity index (χ1) is 27.8. The van der Waals surface area contributed by atoms with E-state index < -0.39 is 0 Å². The van der Waals surface area contributed by atoms with Gasteiger partial charge in [-0.3, -0.25) is 0 Å². The molecule has 0 aliphatic rings. The number of rotatable bonds is 5. The highest BCUT2D eigenvalue weighted by Crippen LogP contribution is 2.47. The Hall–Kier alpha value is -7.56. The van der Waals surface area contributed by atoms with E-state index in [4.69, 9.17) is 8.83 Å². The highest BCUT2D eigenvalue weighted by Gasteiger charge is 2.23. The molecule has 3 aromatic heterocycles. The average molecular weight is 717 g/mol. The summed E-state index contributed by atoms with van der Waals surface area (Å²) in [5.41, 5.74) is 12.2. The quantitative estimate of drug-likeness (QED) is 0.178. The van der Waals surface area contributed by atoms with Gasteiger partial charge in [-0.05, 0) is 77.7 Å². The van der Waals surface area contributed by atoms with Crippen LogP contribution in [-0.4, -0.2) is 4.57 Å². The number of benzene rings is 9. The maximum absolute atomic E-state index is 6.74. The van der Waals surface area contributed by atoms with Gasteiger partial charge in [-0.2, -0.15) is 0 Å². The number of nitrogens with zero attached hydrogens (tertiary/aromatic N) is 2. The Balaban J connectivity index is 1.11. The number of para-hydroxylation sites is 5. The lowest BCUT2D eigenvalue weighted by Gasteiger charge is -2.28. The summed E-state index contributed by atoms with van der Waals surface area (Å²) >= 11 is 0. The molecule has 0 bridgehead atoms. The molecule has 0 radical (unpaired) electrons. The van der Waals surface area contributed by atoms with Gasteiger partial charge in [0, 0.05) is 54.6 Å². The first kappa shape index (κ1) is 30.9. The van der Waals surface area contributed by atoms with Crippen LogP contribution in [0.2, 0.25) is 0 Å². The lowest BCUT2D eigenvalue weighted by atomic mass is 9.99. The molecule has 12 rings (SSSR count). The number of fused-ring (bicyclic) bond motifs is 11. The lowest BCUT2D eigenvalue weighted by molar-refractivity contribution is 0.669. The van der Waals surface area contributed by atoms with Crippen LogP contribution in [-0.2, 0) is 0 Å². The van der Waals surface area contributed by atoms with E-state index >= 15 is 0 Å². The Morgan fingerprint density at radius 1 is 0.375 bits per heavy atom. The second-order valence-electron chi connectivity index (χ2n) is 14.5. The second-order valence-corrected chi connectivity index (χ2v) is 14.5. The molecule has 0 saturated carbocycles. The van der Waals surface area contributed by atoms with Gasteiger partial charge in [-0.1, -0.05) is 127 Å². The van der Waals surface area contributed by atoms with Gasteiger partial charge in [-0.25, -0.2) is 0 Å². The van der Waals surface area contributed by atoms with Crippen LogP contribution < -0.4 is 4.90 Å². The van der Waals surface area contributed by atoms with Crippen molar-refractivity contribution in [3.8, 4) is 16.8 Å². The zero-order valence-electron chi connectivity index (χ0n) is 30.2. The predicted octanol–water partition coefficient (Wildman–Crippen LogP) is 14.9. The number of hydrogen-bond donors (Lipinski definition) is 0. The van der Waals surface area contributed by atoms with Crippen LogP contribution in [0.1, 0.15) is 0 Å². The summed E-state index contributed by atoms with van der Waals surface area (Å²) in [6, 6.07) is 69.0. The average Bonchev–Trinajstić information content (AvgIpc) is 3.94. The van der Waals surface area contributed by atoms with E-state index in [-0.39, 0.29) is 0 Å². The van der Waals surface area contributed by atoms with Crippen LogP contribution in [0.25, 0.3) is 93.3 Å². The van der Waals surface area contributed by atoms with E-state index in [1.165, 1.54) is 27.2 Å². The second kappa shape index (κ2) is 12.0. The Labute approximate surface area is 321 Å². The molecule has 0 aliphatic heterocycles. The molecule has 0 unspecified atom stereocenters. The maximum atomic E-state index is 6.74. The van der Waals surface area contributed by atoms with Crippen LogP contribution in [0.15, 0.2) is 203 Å². The summed E-state index contributed by atoms with van der Waals surface area (Å²) in [6.45, 7) is 0. The molecule has 12 aromatic rings. The van der Waals surface area contributed by atoms with Gasteiger partial charge in [0.2, 0.25) is 0 Å². The van der Waals surface area contributed by atoms with Crippen molar-refractivity contribution < 1.29 is 8.83 Å². The molecular weight excluding hydrogens is 685 g/mol. The highest BCUT2D eigenvalue weighted by molar-refractivity contribution is 6.16. The van der Waals surface area contributed by atoms with Crippen LogP contribution >= 0.6 is 0 Å². The normalized spacial score (nSPS) is 11.9. The first-order valence-electron chi connectivity index (χ1n) is 19.0. The SMILES string of the molecule is c1cc(N(c2ccccc2-c2ccc3oc4c5ccccc5ccc4c3c2)c2cccc3c2oc2ccccc23)cc(-n2c3ccccc3c3ccccc32)c1. The molecule has 0 amide bonds. The smallest absolute Gasteiger partial charge is 0.159 e. The molecule has 56 heavy (non-hydrogen) atoms. The van der Waals surface area contributed by atoms with Gasteiger partial charge in [0.25, 0.3) is 0 Å². The molecule has 0 fully saturated rings. The highest BCUT2D eigenvalue weighted by atomic mass is 16.3. The molecule has 0 saturated heterocycles. The third kappa shape index (κ3) is 4.53. The van der Waals surface area contributed by atoms with Crippen molar-refractivity contribution in [1.82, 2.24) is 4.57 Å². The first-order valence-corrected chi connectivity index (χ1v) is 19.0. The van der Waals surface area contributed by atoms with Crippen LogP contribution in [0.4, 0.5) is 17.1 Å². The minimum absolute atomic E-state index is 0.842. The van der Waals surface area contributed by atoms with E-state index in [0.717, 1.165) is 83.1 Å². The van der Waals surface area contributed by atoms with E-state index in [2.05, 4.69) is 191 Å². The van der Waals surface area contributed by atoms with Crippen molar-refractivity contribution >= 4 is 93.5 Å². The molecule has 0 aliphatic carbocycles. The van der Waals surface area contributed by atoms with Gasteiger partial charge in [0.05, 0.1) is 22.4 Å². The summed E-state index contributed by atoms with van der Waals surface area (Å²) in [5.74, 6) is 0. The van der Waals surface area contributed by atoms with Crippen molar-refractivity contribution in [2.75, 3.05) is 4.90 Å². The van der Waals surface area contributed by atoms with Gasteiger partial charge in [0.1, 0.15) is 16.7 Å². The maximum Gasteiger partial charge on any atom is 0.159 e. The Morgan fingerprint density at radius 2 is 1.00 bits per heavy atom. The van der Waals surface area contributed by atoms with Gasteiger partial charge < -0.3 is 18.3 Å². The molecule has 262 valence electrons. The molecule has 0 N–H and O–H groups in total. The van der Waals surface area contributed by atoms with Crippen molar-refractivity contribution in [1.29, 1.82) is 0 Å². The minimum Gasteiger partial charge on any atom is -0.455 e. The van der Waals surface area contributed by atoms with Gasteiger partial charge >= 0.3 is 0 Å².